The monoisotopic (exact) mass is 264 g/mol. The van der Waals surface area contributed by atoms with Gasteiger partial charge in [0.25, 0.3) is 5.91 Å². The van der Waals surface area contributed by atoms with E-state index in [1.165, 1.54) is 0 Å². The first-order valence-corrected chi connectivity index (χ1v) is 6.54. The summed E-state index contributed by atoms with van der Waals surface area (Å²) in [5.74, 6) is 0.607. The van der Waals surface area contributed by atoms with Gasteiger partial charge < -0.3 is 20.1 Å². The summed E-state index contributed by atoms with van der Waals surface area (Å²) in [5.41, 5.74) is 6.91. The summed E-state index contributed by atoms with van der Waals surface area (Å²) < 4.78 is 10.8. The second-order valence-corrected chi connectivity index (χ2v) is 4.66. The minimum absolute atomic E-state index is 0.0246. The van der Waals surface area contributed by atoms with Gasteiger partial charge in [-0.1, -0.05) is 0 Å². The molecule has 0 bridgehead atoms. The molecule has 1 aromatic rings. The van der Waals surface area contributed by atoms with Gasteiger partial charge in [0, 0.05) is 30.4 Å². The predicted molar refractivity (Wildman–Crippen MR) is 73.3 cm³/mol. The van der Waals surface area contributed by atoms with Gasteiger partial charge >= 0.3 is 0 Å². The van der Waals surface area contributed by atoms with Gasteiger partial charge in [-0.2, -0.15) is 0 Å². The Morgan fingerprint density at radius 1 is 1.53 bits per heavy atom. The highest BCUT2D eigenvalue weighted by Crippen LogP contribution is 2.21. The van der Waals surface area contributed by atoms with Crippen molar-refractivity contribution in [2.45, 2.75) is 20.0 Å². The molecule has 0 spiro atoms. The average molecular weight is 264 g/mol. The zero-order valence-electron chi connectivity index (χ0n) is 11.4. The molecule has 0 radical (unpaired) electrons. The van der Waals surface area contributed by atoms with E-state index in [0.29, 0.717) is 43.3 Å². The first-order chi connectivity index (χ1) is 9.10. The van der Waals surface area contributed by atoms with Crippen LogP contribution in [0.3, 0.4) is 0 Å². The second-order valence-electron chi connectivity index (χ2n) is 4.66. The van der Waals surface area contributed by atoms with Crippen molar-refractivity contribution in [2.24, 2.45) is 0 Å². The van der Waals surface area contributed by atoms with E-state index < -0.39 is 0 Å². The third kappa shape index (κ3) is 3.38. The predicted octanol–water partition coefficient (Wildman–Crippen LogP) is 1.53. The smallest absolute Gasteiger partial charge is 0.254 e. The molecule has 2 rings (SSSR count). The van der Waals surface area contributed by atoms with Crippen molar-refractivity contribution in [1.29, 1.82) is 0 Å². The Hall–Kier alpha value is -1.75. The molecule has 1 atom stereocenters. The van der Waals surface area contributed by atoms with Crippen LogP contribution in [0.2, 0.25) is 0 Å². The van der Waals surface area contributed by atoms with Crippen LogP contribution in [0.4, 0.5) is 5.69 Å². The molecular weight excluding hydrogens is 244 g/mol. The fourth-order valence-electron chi connectivity index (χ4n) is 2.18. The van der Waals surface area contributed by atoms with Crippen LogP contribution < -0.4 is 10.5 Å². The molecule has 0 aliphatic carbocycles. The Bertz CT molecular complexity index is 462. The number of rotatable bonds is 3. The summed E-state index contributed by atoms with van der Waals surface area (Å²) in [5, 5.41) is 0. The van der Waals surface area contributed by atoms with Crippen molar-refractivity contribution in [1.82, 2.24) is 4.90 Å². The minimum Gasteiger partial charge on any atom is -0.494 e. The van der Waals surface area contributed by atoms with Gasteiger partial charge in [0.05, 0.1) is 19.3 Å². The molecule has 19 heavy (non-hydrogen) atoms. The van der Waals surface area contributed by atoms with Gasteiger partial charge in [0.15, 0.2) is 0 Å². The number of amides is 1. The van der Waals surface area contributed by atoms with Crippen molar-refractivity contribution in [3.8, 4) is 5.75 Å². The summed E-state index contributed by atoms with van der Waals surface area (Å²) >= 11 is 0. The molecule has 1 aromatic carbocycles. The number of hydrogen-bond acceptors (Lipinski definition) is 4. The highest BCUT2D eigenvalue weighted by molar-refractivity contribution is 5.95. The summed E-state index contributed by atoms with van der Waals surface area (Å²) in [6.07, 6.45) is 0.0742. The number of nitrogen functional groups attached to an aromatic ring is 1. The molecule has 1 saturated heterocycles. The maximum absolute atomic E-state index is 12.4. The topological polar surface area (TPSA) is 64.8 Å². The Morgan fingerprint density at radius 3 is 3.00 bits per heavy atom. The number of ether oxygens (including phenoxy) is 2. The summed E-state index contributed by atoms with van der Waals surface area (Å²) in [4.78, 5) is 14.2. The highest BCUT2D eigenvalue weighted by atomic mass is 16.5. The van der Waals surface area contributed by atoms with Crippen LogP contribution in [0, 0.1) is 0 Å². The molecule has 0 aromatic heterocycles. The molecule has 1 aliphatic heterocycles. The van der Waals surface area contributed by atoms with Crippen LogP contribution >= 0.6 is 0 Å². The Kier molecular flexibility index (Phi) is 4.27. The van der Waals surface area contributed by atoms with Crippen molar-refractivity contribution >= 4 is 11.6 Å². The fourth-order valence-corrected chi connectivity index (χ4v) is 2.18. The molecule has 5 heteroatoms. The molecule has 1 aliphatic rings. The van der Waals surface area contributed by atoms with Gasteiger partial charge in [0.2, 0.25) is 0 Å². The number of carbonyl (C=O) groups is 1. The third-order valence-corrected chi connectivity index (χ3v) is 3.02. The summed E-state index contributed by atoms with van der Waals surface area (Å²) in [6.45, 7) is 6.21. The van der Waals surface area contributed by atoms with Crippen LogP contribution in [0.25, 0.3) is 0 Å². The lowest BCUT2D eigenvalue weighted by Gasteiger charge is -2.31. The molecule has 1 amide bonds. The first-order valence-electron chi connectivity index (χ1n) is 6.54. The van der Waals surface area contributed by atoms with Crippen molar-refractivity contribution in [3.05, 3.63) is 23.8 Å². The Labute approximate surface area is 113 Å². The van der Waals surface area contributed by atoms with Crippen molar-refractivity contribution < 1.29 is 14.3 Å². The van der Waals surface area contributed by atoms with Gasteiger partial charge in [0.1, 0.15) is 5.75 Å². The zero-order chi connectivity index (χ0) is 13.8. The molecule has 0 saturated carbocycles. The number of carbonyl (C=O) groups excluding carboxylic acids is 1. The van der Waals surface area contributed by atoms with Crippen LogP contribution in [0.5, 0.6) is 5.75 Å². The zero-order valence-corrected chi connectivity index (χ0v) is 11.4. The van der Waals surface area contributed by atoms with E-state index in [0.717, 1.165) is 0 Å². The summed E-state index contributed by atoms with van der Waals surface area (Å²) in [7, 11) is 0. The van der Waals surface area contributed by atoms with Crippen LogP contribution in [-0.4, -0.2) is 43.2 Å². The molecule has 2 N–H and O–H groups in total. The molecule has 1 heterocycles. The fraction of sp³-hybridized carbons (Fsp3) is 0.500. The van der Waals surface area contributed by atoms with E-state index in [1.54, 1.807) is 23.1 Å². The molecule has 104 valence electrons. The van der Waals surface area contributed by atoms with Crippen molar-refractivity contribution in [2.75, 3.05) is 32.0 Å². The van der Waals surface area contributed by atoms with Gasteiger partial charge in [-0.05, 0) is 26.0 Å². The van der Waals surface area contributed by atoms with Gasteiger partial charge in [-0.3, -0.25) is 4.79 Å². The largest absolute Gasteiger partial charge is 0.494 e. The standard InChI is InChI=1S/C14H20N2O3/c1-3-18-13-7-11(6-12(15)8-13)14(17)16-4-5-19-10(2)9-16/h6-8,10H,3-5,9,15H2,1-2H3. The molecule has 5 nitrogen and oxygen atoms in total. The highest BCUT2D eigenvalue weighted by Gasteiger charge is 2.23. The molecular formula is C14H20N2O3. The lowest BCUT2D eigenvalue weighted by atomic mass is 10.1. The minimum atomic E-state index is -0.0246. The number of nitrogens with two attached hydrogens (primary N) is 1. The quantitative estimate of drug-likeness (QED) is 0.841. The van der Waals surface area contributed by atoms with Crippen LogP contribution in [-0.2, 0) is 4.74 Å². The van der Waals surface area contributed by atoms with Crippen LogP contribution in [0.1, 0.15) is 24.2 Å². The Morgan fingerprint density at radius 2 is 2.32 bits per heavy atom. The van der Waals surface area contributed by atoms with E-state index in [2.05, 4.69) is 0 Å². The van der Waals surface area contributed by atoms with E-state index in [-0.39, 0.29) is 12.0 Å². The Balaban J connectivity index is 2.18. The number of morpholine rings is 1. The lowest BCUT2D eigenvalue weighted by molar-refractivity contribution is -0.0124. The number of benzene rings is 1. The van der Waals surface area contributed by atoms with Crippen LogP contribution in [0.15, 0.2) is 18.2 Å². The first kappa shape index (κ1) is 13.7. The SMILES string of the molecule is CCOc1cc(N)cc(C(=O)N2CCOC(C)C2)c1. The molecule has 1 unspecified atom stereocenters. The second kappa shape index (κ2) is 5.93. The maximum Gasteiger partial charge on any atom is 0.254 e. The number of hydrogen-bond donors (Lipinski definition) is 1. The van der Waals surface area contributed by atoms with Gasteiger partial charge in [-0.25, -0.2) is 0 Å². The summed E-state index contributed by atoms with van der Waals surface area (Å²) in [6, 6.07) is 5.15. The van der Waals surface area contributed by atoms with E-state index >= 15 is 0 Å². The van der Waals surface area contributed by atoms with Crippen molar-refractivity contribution in [3.63, 3.8) is 0 Å². The number of nitrogens with zero attached hydrogens (tertiary/aromatic N) is 1. The average Bonchev–Trinajstić information content (AvgIpc) is 2.37. The lowest BCUT2D eigenvalue weighted by Crippen LogP contribution is -2.44. The van der Waals surface area contributed by atoms with Gasteiger partial charge in [-0.15, -0.1) is 0 Å². The third-order valence-electron chi connectivity index (χ3n) is 3.02. The number of anilines is 1. The molecule has 1 fully saturated rings. The van der Waals surface area contributed by atoms with E-state index in [1.807, 2.05) is 13.8 Å². The van der Waals surface area contributed by atoms with E-state index in [9.17, 15) is 4.79 Å². The normalized spacial score (nSPS) is 19.3. The van der Waals surface area contributed by atoms with E-state index in [4.69, 9.17) is 15.2 Å². The maximum atomic E-state index is 12.4.